The summed E-state index contributed by atoms with van der Waals surface area (Å²) in [4.78, 5) is 22.5. The molecule has 0 fully saturated rings. The summed E-state index contributed by atoms with van der Waals surface area (Å²) in [5.41, 5.74) is 1.06. The van der Waals surface area contributed by atoms with Gasteiger partial charge in [-0.15, -0.1) is 0 Å². The van der Waals surface area contributed by atoms with E-state index in [9.17, 15) is 19.8 Å². The van der Waals surface area contributed by atoms with Crippen molar-refractivity contribution in [3.8, 4) is 17.2 Å². The highest BCUT2D eigenvalue weighted by Crippen LogP contribution is 2.23. The van der Waals surface area contributed by atoms with Crippen molar-refractivity contribution >= 4 is 5.97 Å². The van der Waals surface area contributed by atoms with Gasteiger partial charge in [0.05, 0.1) is 5.69 Å². The van der Waals surface area contributed by atoms with Crippen molar-refractivity contribution in [1.29, 1.82) is 0 Å². The minimum absolute atomic E-state index is 0.159. The molecule has 0 aliphatic heterocycles. The number of nitrogens with zero attached hydrogens (tertiary/aromatic N) is 1. The molecular weight excluding hydrogens is 362 g/mol. The van der Waals surface area contributed by atoms with Gasteiger partial charge in [0, 0.05) is 12.6 Å². The second-order valence-electron chi connectivity index (χ2n) is 6.13. The maximum Gasteiger partial charge on any atom is 0.321 e. The molecule has 3 aromatic rings. The van der Waals surface area contributed by atoms with Gasteiger partial charge in [-0.1, -0.05) is 12.1 Å². The number of ether oxygens (including phenoxy) is 1. The fourth-order valence-corrected chi connectivity index (χ4v) is 2.53. The highest BCUT2D eigenvalue weighted by Gasteiger charge is 2.17. The number of carboxylic acids is 1. The van der Waals surface area contributed by atoms with Gasteiger partial charge in [0.15, 0.2) is 0 Å². The van der Waals surface area contributed by atoms with E-state index < -0.39 is 12.0 Å². The fraction of sp³-hybridized carbons (Fsp3) is 0.150. The normalized spacial score (nSPS) is 11.7. The molecule has 0 bridgehead atoms. The van der Waals surface area contributed by atoms with Crippen LogP contribution in [0.1, 0.15) is 11.3 Å². The standard InChI is InChI=1S/C20H19N3O5/c24-15-4-8-17(9-5-15)28-16-6-1-13(2-7-16)11-18(20(26)27)21-12-14-3-10-19(25)23-22-14/h1-10,18,21,24H,11-12H2,(H,23,25)(H,26,27)/t18-/m0/s1. The Morgan fingerprint density at radius 1 is 1.04 bits per heavy atom. The van der Waals surface area contributed by atoms with Gasteiger partial charge in [-0.25, -0.2) is 5.10 Å². The first kappa shape index (κ1) is 19.1. The number of aromatic nitrogens is 2. The van der Waals surface area contributed by atoms with E-state index in [1.54, 1.807) is 42.5 Å². The predicted octanol–water partition coefficient (Wildman–Crippen LogP) is 2.05. The summed E-state index contributed by atoms with van der Waals surface area (Å²) in [6, 6.07) is 15.5. The molecule has 0 unspecified atom stereocenters. The number of carbonyl (C=O) groups is 1. The number of carboxylic acid groups (broad SMARTS) is 1. The Morgan fingerprint density at radius 2 is 1.68 bits per heavy atom. The number of aliphatic carboxylic acids is 1. The molecule has 8 nitrogen and oxygen atoms in total. The second kappa shape index (κ2) is 8.83. The van der Waals surface area contributed by atoms with E-state index in [0.29, 0.717) is 17.2 Å². The molecule has 2 aromatic carbocycles. The topological polar surface area (TPSA) is 125 Å². The Hall–Kier alpha value is -3.65. The van der Waals surface area contributed by atoms with Crippen molar-refractivity contribution in [2.45, 2.75) is 19.0 Å². The van der Waals surface area contributed by atoms with E-state index in [4.69, 9.17) is 4.74 Å². The number of rotatable bonds is 8. The summed E-state index contributed by atoms with van der Waals surface area (Å²) in [7, 11) is 0. The number of phenolic OH excluding ortho intramolecular Hbond substituents is 1. The zero-order valence-electron chi connectivity index (χ0n) is 14.8. The van der Waals surface area contributed by atoms with Crippen LogP contribution in [0.2, 0.25) is 0 Å². The van der Waals surface area contributed by atoms with Gasteiger partial charge in [0.1, 0.15) is 23.3 Å². The summed E-state index contributed by atoms with van der Waals surface area (Å²) in [5, 5.41) is 27.8. The Kier molecular flexibility index (Phi) is 6.03. The van der Waals surface area contributed by atoms with Gasteiger partial charge in [0.25, 0.3) is 5.56 Å². The average Bonchev–Trinajstić information content (AvgIpc) is 2.69. The average molecular weight is 381 g/mol. The highest BCUT2D eigenvalue weighted by atomic mass is 16.5. The molecule has 1 atom stereocenters. The fourth-order valence-electron chi connectivity index (χ4n) is 2.53. The molecule has 0 aliphatic rings. The van der Waals surface area contributed by atoms with Gasteiger partial charge in [-0.3, -0.25) is 14.9 Å². The number of nitrogens with one attached hydrogen (secondary N) is 2. The monoisotopic (exact) mass is 381 g/mol. The number of phenols is 1. The largest absolute Gasteiger partial charge is 0.508 e. The number of hydrogen-bond acceptors (Lipinski definition) is 6. The number of hydrogen-bond donors (Lipinski definition) is 4. The zero-order chi connectivity index (χ0) is 19.9. The number of benzene rings is 2. The van der Waals surface area contributed by atoms with E-state index in [1.807, 2.05) is 0 Å². The molecule has 8 heteroatoms. The van der Waals surface area contributed by atoms with Crippen LogP contribution in [0, 0.1) is 0 Å². The lowest BCUT2D eigenvalue weighted by Gasteiger charge is -2.14. The van der Waals surface area contributed by atoms with Crippen LogP contribution in [0.25, 0.3) is 0 Å². The van der Waals surface area contributed by atoms with Gasteiger partial charge in [0.2, 0.25) is 0 Å². The van der Waals surface area contributed by atoms with Crippen LogP contribution in [0.5, 0.6) is 17.2 Å². The van der Waals surface area contributed by atoms with Crippen molar-refractivity contribution in [3.63, 3.8) is 0 Å². The maximum absolute atomic E-state index is 11.5. The van der Waals surface area contributed by atoms with Crippen LogP contribution >= 0.6 is 0 Å². The van der Waals surface area contributed by atoms with E-state index in [-0.39, 0.29) is 24.3 Å². The molecule has 0 amide bonds. The predicted molar refractivity (Wildman–Crippen MR) is 101 cm³/mol. The van der Waals surface area contributed by atoms with Crippen LogP contribution in [0.4, 0.5) is 0 Å². The second-order valence-corrected chi connectivity index (χ2v) is 6.13. The van der Waals surface area contributed by atoms with Crippen LogP contribution in [0.3, 0.4) is 0 Å². The SMILES string of the molecule is O=C(O)[C@H](Cc1ccc(Oc2ccc(O)cc2)cc1)NCc1ccc(=O)[nH]n1. The van der Waals surface area contributed by atoms with Crippen LogP contribution < -0.4 is 15.6 Å². The van der Waals surface area contributed by atoms with Gasteiger partial charge >= 0.3 is 5.97 Å². The first-order valence-electron chi connectivity index (χ1n) is 8.56. The molecule has 0 radical (unpaired) electrons. The summed E-state index contributed by atoms with van der Waals surface area (Å²) < 4.78 is 5.68. The van der Waals surface area contributed by atoms with Crippen molar-refractivity contribution in [1.82, 2.24) is 15.5 Å². The molecule has 28 heavy (non-hydrogen) atoms. The molecule has 0 aliphatic carbocycles. The van der Waals surface area contributed by atoms with E-state index in [0.717, 1.165) is 5.56 Å². The van der Waals surface area contributed by atoms with Crippen molar-refractivity contribution < 1.29 is 19.7 Å². The number of aromatic hydroxyl groups is 1. The lowest BCUT2D eigenvalue weighted by Crippen LogP contribution is -2.38. The Balaban J connectivity index is 1.59. The summed E-state index contributed by atoms with van der Waals surface area (Å²) in [6.45, 7) is 0.218. The van der Waals surface area contributed by atoms with Crippen molar-refractivity contribution in [2.75, 3.05) is 0 Å². The smallest absolute Gasteiger partial charge is 0.321 e. The first-order chi connectivity index (χ1) is 13.5. The molecule has 1 heterocycles. The van der Waals surface area contributed by atoms with Crippen molar-refractivity contribution in [3.05, 3.63) is 82.3 Å². The molecule has 3 rings (SSSR count). The molecule has 0 spiro atoms. The van der Waals surface area contributed by atoms with Crippen LogP contribution in [0.15, 0.2) is 65.5 Å². The Labute approximate surface area is 160 Å². The molecule has 0 saturated carbocycles. The van der Waals surface area contributed by atoms with Gasteiger partial charge in [-0.2, -0.15) is 5.10 Å². The Bertz CT molecular complexity index is 963. The maximum atomic E-state index is 11.5. The van der Waals surface area contributed by atoms with E-state index >= 15 is 0 Å². The van der Waals surface area contributed by atoms with Gasteiger partial charge < -0.3 is 14.9 Å². The molecule has 0 saturated heterocycles. The number of H-pyrrole nitrogens is 1. The summed E-state index contributed by atoms with van der Waals surface area (Å²) >= 11 is 0. The zero-order valence-corrected chi connectivity index (χ0v) is 14.8. The molecular formula is C20H19N3O5. The molecule has 4 N–H and O–H groups in total. The van der Waals surface area contributed by atoms with Crippen LogP contribution in [-0.2, 0) is 17.8 Å². The minimum atomic E-state index is -0.978. The van der Waals surface area contributed by atoms with Crippen LogP contribution in [-0.4, -0.2) is 32.4 Å². The first-order valence-corrected chi connectivity index (χ1v) is 8.56. The minimum Gasteiger partial charge on any atom is -0.508 e. The summed E-state index contributed by atoms with van der Waals surface area (Å²) in [6.07, 6.45) is 0.276. The lowest BCUT2D eigenvalue weighted by molar-refractivity contribution is -0.139. The summed E-state index contributed by atoms with van der Waals surface area (Å²) in [5.74, 6) is 0.372. The quantitative estimate of drug-likeness (QED) is 0.471. The molecule has 144 valence electrons. The van der Waals surface area contributed by atoms with Gasteiger partial charge in [-0.05, 0) is 54.4 Å². The third kappa shape index (κ3) is 5.42. The third-order valence-electron chi connectivity index (χ3n) is 4.00. The number of aromatic amines is 1. The lowest BCUT2D eigenvalue weighted by atomic mass is 10.1. The van der Waals surface area contributed by atoms with Crippen molar-refractivity contribution in [2.24, 2.45) is 0 Å². The highest BCUT2D eigenvalue weighted by molar-refractivity contribution is 5.73. The Morgan fingerprint density at radius 3 is 2.25 bits per heavy atom. The van der Waals surface area contributed by atoms with E-state index in [1.165, 1.54) is 18.2 Å². The molecule has 1 aromatic heterocycles. The third-order valence-corrected chi connectivity index (χ3v) is 4.00. The van der Waals surface area contributed by atoms with E-state index in [2.05, 4.69) is 15.5 Å².